The molecule has 3 aromatic carbocycles. The fourth-order valence-corrected chi connectivity index (χ4v) is 5.36. The second-order valence-electron chi connectivity index (χ2n) is 8.63. The van der Waals surface area contributed by atoms with Gasteiger partial charge in [-0.3, -0.25) is 0 Å². The molecule has 5 rings (SSSR count). The van der Waals surface area contributed by atoms with Crippen LogP contribution < -0.4 is 10.1 Å². The van der Waals surface area contributed by atoms with E-state index in [-0.39, 0.29) is 6.10 Å². The van der Waals surface area contributed by atoms with Crippen LogP contribution >= 0.6 is 23.1 Å². The summed E-state index contributed by atoms with van der Waals surface area (Å²) in [4.78, 5) is 2.39. The van der Waals surface area contributed by atoms with Gasteiger partial charge in [-0.05, 0) is 66.7 Å². The number of hydrogen-bond acceptors (Lipinski definition) is 6. The average Bonchev–Trinajstić information content (AvgIpc) is 3.27. The second-order valence-corrected chi connectivity index (χ2v) is 9.81. The number of nitrogens with one attached hydrogen (secondary N) is 1. The van der Waals surface area contributed by atoms with Gasteiger partial charge in [-0.15, -0.1) is 0 Å². The lowest BCUT2D eigenvalue weighted by molar-refractivity contribution is 0.0800. The standard InChI is InChI=1S/C27H28ClN3O2S/c28-26-22(9-4-10-24(26)33-17-5-14-31-15-12-21(32)13-16-31)19-6-3-7-20(18-19)29-27-23-8-1-2-11-25(23)34-30-27/h1-4,6-11,18,21,32H,5,12-17H2,(H,29,30). The number of fused-ring (bicyclic) bond motifs is 1. The van der Waals surface area contributed by atoms with E-state index in [9.17, 15) is 5.11 Å². The van der Waals surface area contributed by atoms with E-state index in [1.165, 1.54) is 11.5 Å². The molecular formula is C27H28ClN3O2S. The van der Waals surface area contributed by atoms with Gasteiger partial charge in [0.1, 0.15) is 5.75 Å². The molecule has 1 aliphatic rings. The Hall–Kier alpha value is -2.64. The number of nitrogens with zero attached hydrogens (tertiary/aromatic N) is 2. The lowest BCUT2D eigenvalue weighted by Gasteiger charge is -2.29. The molecule has 1 saturated heterocycles. The maximum Gasteiger partial charge on any atom is 0.151 e. The molecule has 0 atom stereocenters. The molecule has 5 nitrogen and oxygen atoms in total. The van der Waals surface area contributed by atoms with Gasteiger partial charge in [0.15, 0.2) is 5.82 Å². The molecule has 0 unspecified atom stereocenters. The van der Waals surface area contributed by atoms with Crippen LogP contribution in [0.4, 0.5) is 11.5 Å². The van der Waals surface area contributed by atoms with Gasteiger partial charge in [-0.25, -0.2) is 0 Å². The highest BCUT2D eigenvalue weighted by molar-refractivity contribution is 7.13. The summed E-state index contributed by atoms with van der Waals surface area (Å²) in [6, 6.07) is 22.3. The number of anilines is 2. The van der Waals surface area contributed by atoms with Gasteiger partial charge >= 0.3 is 0 Å². The SMILES string of the molecule is OC1CCN(CCCOc2cccc(-c3cccc(Nc4nsc5ccccc45)c3)c2Cl)CC1. The highest BCUT2D eigenvalue weighted by Crippen LogP contribution is 2.37. The van der Waals surface area contributed by atoms with E-state index in [1.807, 2.05) is 42.5 Å². The van der Waals surface area contributed by atoms with Gasteiger partial charge in [-0.2, -0.15) is 4.37 Å². The summed E-state index contributed by atoms with van der Waals surface area (Å²) in [7, 11) is 0. The van der Waals surface area contributed by atoms with Gasteiger partial charge in [-0.1, -0.05) is 48.0 Å². The first-order valence-electron chi connectivity index (χ1n) is 11.7. The molecule has 0 amide bonds. The Labute approximate surface area is 209 Å². The number of ether oxygens (including phenoxy) is 1. The number of hydrogen-bond donors (Lipinski definition) is 2. The molecule has 0 spiro atoms. The predicted octanol–water partition coefficient (Wildman–Crippen LogP) is 6.59. The maximum atomic E-state index is 9.65. The zero-order chi connectivity index (χ0) is 23.3. The van der Waals surface area contributed by atoms with E-state index in [1.54, 1.807) is 0 Å². The van der Waals surface area contributed by atoms with Crippen LogP contribution in [0.15, 0.2) is 66.7 Å². The Morgan fingerprint density at radius 3 is 2.76 bits per heavy atom. The van der Waals surface area contributed by atoms with Gasteiger partial charge in [0.25, 0.3) is 0 Å². The number of halogens is 1. The third-order valence-corrected chi connectivity index (χ3v) is 7.43. The van der Waals surface area contributed by atoms with Crippen molar-refractivity contribution < 1.29 is 9.84 Å². The summed E-state index contributed by atoms with van der Waals surface area (Å²) in [6.45, 7) is 3.50. The Bertz CT molecular complexity index is 1250. The number of aromatic nitrogens is 1. The van der Waals surface area contributed by atoms with Crippen LogP contribution in [-0.4, -0.2) is 46.7 Å². The molecule has 2 heterocycles. The summed E-state index contributed by atoms with van der Waals surface area (Å²) >= 11 is 8.26. The number of benzene rings is 3. The summed E-state index contributed by atoms with van der Waals surface area (Å²) < 4.78 is 11.8. The Morgan fingerprint density at radius 1 is 1.06 bits per heavy atom. The van der Waals surface area contributed by atoms with E-state index in [0.717, 1.165) is 71.6 Å². The van der Waals surface area contributed by atoms with Crippen molar-refractivity contribution >= 4 is 44.7 Å². The molecule has 0 radical (unpaired) electrons. The van der Waals surface area contributed by atoms with E-state index < -0.39 is 0 Å². The van der Waals surface area contributed by atoms with Gasteiger partial charge in [0.05, 0.1) is 22.4 Å². The van der Waals surface area contributed by atoms with Crippen molar-refractivity contribution in [3.63, 3.8) is 0 Å². The molecule has 176 valence electrons. The van der Waals surface area contributed by atoms with Crippen molar-refractivity contribution in [3.05, 3.63) is 71.8 Å². The van der Waals surface area contributed by atoms with E-state index in [2.05, 4.69) is 38.9 Å². The number of aliphatic hydroxyl groups excluding tert-OH is 1. The summed E-state index contributed by atoms with van der Waals surface area (Å²) in [5.74, 6) is 1.57. The highest BCUT2D eigenvalue weighted by Gasteiger charge is 2.16. The maximum absolute atomic E-state index is 9.65. The zero-order valence-electron chi connectivity index (χ0n) is 18.9. The Kier molecular flexibility index (Phi) is 7.30. The molecule has 34 heavy (non-hydrogen) atoms. The molecule has 1 aromatic heterocycles. The third-order valence-electron chi connectivity index (χ3n) is 6.21. The van der Waals surface area contributed by atoms with Gasteiger partial charge in [0, 0.05) is 36.3 Å². The van der Waals surface area contributed by atoms with Crippen molar-refractivity contribution in [1.82, 2.24) is 9.27 Å². The Balaban J connectivity index is 1.25. The van der Waals surface area contributed by atoms with E-state index in [4.69, 9.17) is 16.3 Å². The van der Waals surface area contributed by atoms with Crippen LogP contribution in [0.5, 0.6) is 5.75 Å². The minimum atomic E-state index is -0.136. The van der Waals surface area contributed by atoms with Crippen molar-refractivity contribution in [2.24, 2.45) is 0 Å². The quantitative estimate of drug-likeness (QED) is 0.271. The molecule has 0 aliphatic carbocycles. The normalized spacial score (nSPS) is 15.0. The lowest BCUT2D eigenvalue weighted by atomic mass is 10.0. The number of aliphatic hydroxyl groups is 1. The third kappa shape index (κ3) is 5.36. The smallest absolute Gasteiger partial charge is 0.151 e. The molecule has 1 fully saturated rings. The van der Waals surface area contributed by atoms with Gasteiger partial charge in [0.2, 0.25) is 0 Å². The van der Waals surface area contributed by atoms with E-state index >= 15 is 0 Å². The molecule has 1 aliphatic heterocycles. The van der Waals surface area contributed by atoms with Crippen LogP contribution in [0.1, 0.15) is 19.3 Å². The number of rotatable bonds is 8. The van der Waals surface area contributed by atoms with Crippen molar-refractivity contribution in [2.75, 3.05) is 31.6 Å². The molecule has 7 heteroatoms. The van der Waals surface area contributed by atoms with Crippen molar-refractivity contribution in [3.8, 4) is 16.9 Å². The fourth-order valence-electron chi connectivity index (χ4n) is 4.34. The van der Waals surface area contributed by atoms with Crippen LogP contribution in [-0.2, 0) is 0 Å². The molecule has 2 N–H and O–H groups in total. The number of piperidine rings is 1. The number of likely N-dealkylation sites (tertiary alicyclic amines) is 1. The average molecular weight is 494 g/mol. The van der Waals surface area contributed by atoms with Crippen molar-refractivity contribution in [1.29, 1.82) is 0 Å². The first kappa shape index (κ1) is 23.1. The Morgan fingerprint density at radius 2 is 1.88 bits per heavy atom. The van der Waals surface area contributed by atoms with Crippen LogP contribution in [0.25, 0.3) is 21.2 Å². The molecule has 4 aromatic rings. The molecule has 0 bridgehead atoms. The summed E-state index contributed by atoms with van der Waals surface area (Å²) in [5.41, 5.74) is 2.92. The van der Waals surface area contributed by atoms with Crippen LogP contribution in [0.2, 0.25) is 5.02 Å². The topological polar surface area (TPSA) is 57.6 Å². The van der Waals surface area contributed by atoms with E-state index in [0.29, 0.717) is 17.4 Å². The van der Waals surface area contributed by atoms with Crippen LogP contribution in [0, 0.1) is 0 Å². The largest absolute Gasteiger partial charge is 0.492 e. The molecular weight excluding hydrogens is 466 g/mol. The highest BCUT2D eigenvalue weighted by atomic mass is 35.5. The first-order chi connectivity index (χ1) is 16.7. The monoisotopic (exact) mass is 493 g/mol. The predicted molar refractivity (Wildman–Crippen MR) is 142 cm³/mol. The fraction of sp³-hybridized carbons (Fsp3) is 0.296. The van der Waals surface area contributed by atoms with Crippen molar-refractivity contribution in [2.45, 2.75) is 25.4 Å². The summed E-state index contributed by atoms with van der Waals surface area (Å²) in [5, 5.41) is 14.8. The first-order valence-corrected chi connectivity index (χ1v) is 12.9. The lowest BCUT2D eigenvalue weighted by Crippen LogP contribution is -2.36. The van der Waals surface area contributed by atoms with Crippen LogP contribution in [0.3, 0.4) is 0 Å². The zero-order valence-corrected chi connectivity index (χ0v) is 20.5. The minimum absolute atomic E-state index is 0.136. The second kappa shape index (κ2) is 10.7. The minimum Gasteiger partial charge on any atom is -0.492 e. The molecule has 0 saturated carbocycles. The van der Waals surface area contributed by atoms with Gasteiger partial charge < -0.3 is 20.1 Å². The summed E-state index contributed by atoms with van der Waals surface area (Å²) in [6.07, 6.45) is 2.52.